The van der Waals surface area contributed by atoms with Crippen LogP contribution in [-0.2, 0) is 24.6 Å². The lowest BCUT2D eigenvalue weighted by atomic mass is 9.89. The lowest BCUT2D eigenvalue weighted by Gasteiger charge is -2.24. The van der Waals surface area contributed by atoms with Gasteiger partial charge in [-0.15, -0.1) is 0 Å². The fraction of sp³-hybridized carbons (Fsp3) is 0.286. The molecule has 0 aliphatic carbocycles. The molecule has 0 radical (unpaired) electrons. The van der Waals surface area contributed by atoms with E-state index in [0.29, 0.717) is 36.4 Å². The SMILES string of the molecule is Cc1c(COc2nc(OCc3cncc(C#N)c3)c(CN[C@@](C)(CO)C(=O)O)cc2Cl)cccc1-c1cccc(-c2ccc(OCCNCCO)cc2)c1C. The number of benzene rings is 3. The normalized spacial score (nSPS) is 12.1. The van der Waals surface area contributed by atoms with E-state index in [9.17, 15) is 20.3 Å². The number of carbonyl (C=O) groups is 1. The summed E-state index contributed by atoms with van der Waals surface area (Å²) in [5, 5.41) is 43.7. The Kier molecular flexibility index (Phi) is 14.2. The zero-order valence-electron chi connectivity index (χ0n) is 30.9. The van der Waals surface area contributed by atoms with Crippen molar-refractivity contribution < 1.29 is 34.3 Å². The van der Waals surface area contributed by atoms with Crippen molar-refractivity contribution in [2.24, 2.45) is 0 Å². The van der Waals surface area contributed by atoms with Crippen molar-refractivity contribution in [3.8, 4) is 45.8 Å². The second kappa shape index (κ2) is 19.2. The van der Waals surface area contributed by atoms with Crippen molar-refractivity contribution in [2.75, 3.05) is 32.9 Å². The third-order valence-electron chi connectivity index (χ3n) is 9.18. The molecular weight excluding hydrogens is 722 g/mol. The number of nitrogens with zero attached hydrogens (tertiary/aromatic N) is 3. The van der Waals surface area contributed by atoms with Crippen molar-refractivity contribution in [3.63, 3.8) is 0 Å². The van der Waals surface area contributed by atoms with Crippen LogP contribution in [0.4, 0.5) is 0 Å². The van der Waals surface area contributed by atoms with Gasteiger partial charge in [-0.25, -0.2) is 0 Å². The standard InChI is InChI=1S/C42H44ClN5O7/c1-27-32(6-4-8-36(27)37-9-5-7-35(28(37)2)31-10-12-34(13-11-31)53-17-15-45-14-16-49)25-55-40-38(43)19-33(23-47-42(3,26-50)41(51)52)39(48-40)54-24-30-18-29(20-44)21-46-22-30/h4-13,18-19,21-22,45,47,49-50H,14-17,23-26H2,1-3H3,(H,51,52)/t42-/m0/s1. The Labute approximate surface area is 325 Å². The van der Waals surface area contributed by atoms with Crippen LogP contribution in [0.25, 0.3) is 22.3 Å². The van der Waals surface area contributed by atoms with E-state index in [1.807, 2.05) is 49.4 Å². The number of hydrogen-bond donors (Lipinski definition) is 5. The van der Waals surface area contributed by atoms with Gasteiger partial charge in [0.05, 0.1) is 18.8 Å². The average Bonchev–Trinajstić information content (AvgIpc) is 3.20. The second-order valence-electron chi connectivity index (χ2n) is 13.1. The minimum absolute atomic E-state index is 0.0150. The summed E-state index contributed by atoms with van der Waals surface area (Å²) in [7, 11) is 0. The number of ether oxygens (including phenoxy) is 3. The first-order valence-electron chi connectivity index (χ1n) is 17.7. The summed E-state index contributed by atoms with van der Waals surface area (Å²) in [6.45, 7) is 6.78. The van der Waals surface area contributed by atoms with Gasteiger partial charge in [0.25, 0.3) is 0 Å². The van der Waals surface area contributed by atoms with E-state index in [4.69, 9.17) is 30.9 Å². The number of carboxylic acid groups (broad SMARTS) is 1. The molecule has 286 valence electrons. The molecule has 0 aliphatic heterocycles. The number of aliphatic hydroxyl groups is 2. The van der Waals surface area contributed by atoms with Gasteiger partial charge in [-0.1, -0.05) is 60.1 Å². The van der Waals surface area contributed by atoms with Gasteiger partial charge in [0, 0.05) is 43.2 Å². The van der Waals surface area contributed by atoms with Crippen LogP contribution >= 0.6 is 11.6 Å². The first-order chi connectivity index (χ1) is 26.6. The Morgan fingerprint density at radius 1 is 0.873 bits per heavy atom. The molecule has 0 unspecified atom stereocenters. The lowest BCUT2D eigenvalue weighted by Crippen LogP contribution is -2.52. The number of aliphatic carboxylic acids is 1. The molecule has 0 amide bonds. The number of rotatable bonds is 19. The summed E-state index contributed by atoms with van der Waals surface area (Å²) in [6.07, 6.45) is 3.01. The largest absolute Gasteiger partial charge is 0.492 e. The first kappa shape index (κ1) is 40.6. The number of hydrogen-bond acceptors (Lipinski definition) is 11. The van der Waals surface area contributed by atoms with Gasteiger partial charge in [0.2, 0.25) is 11.8 Å². The van der Waals surface area contributed by atoms with E-state index in [1.165, 1.54) is 13.1 Å². The molecule has 0 bridgehead atoms. The van der Waals surface area contributed by atoms with Crippen LogP contribution in [0, 0.1) is 25.2 Å². The van der Waals surface area contributed by atoms with Crippen LogP contribution < -0.4 is 24.8 Å². The Balaban J connectivity index is 1.36. The molecule has 0 saturated heterocycles. The third kappa shape index (κ3) is 10.4. The quantitative estimate of drug-likeness (QED) is 0.0621. The summed E-state index contributed by atoms with van der Waals surface area (Å²) < 4.78 is 18.1. The Bertz CT molecular complexity index is 2140. The van der Waals surface area contributed by atoms with Crippen molar-refractivity contribution >= 4 is 17.6 Å². The van der Waals surface area contributed by atoms with Gasteiger partial charge in [-0.2, -0.15) is 10.2 Å². The molecule has 13 heteroatoms. The van der Waals surface area contributed by atoms with E-state index in [2.05, 4.69) is 51.8 Å². The second-order valence-corrected chi connectivity index (χ2v) is 13.5. The smallest absolute Gasteiger partial charge is 0.326 e. The summed E-state index contributed by atoms with van der Waals surface area (Å²) in [6, 6.07) is 25.6. The van der Waals surface area contributed by atoms with Gasteiger partial charge in [0.15, 0.2) is 0 Å². The van der Waals surface area contributed by atoms with Gasteiger partial charge >= 0.3 is 5.97 Å². The molecule has 5 rings (SSSR count). The van der Waals surface area contributed by atoms with E-state index < -0.39 is 18.1 Å². The van der Waals surface area contributed by atoms with Crippen LogP contribution in [0.1, 0.15) is 40.3 Å². The van der Waals surface area contributed by atoms with Gasteiger partial charge in [-0.05, 0) is 84.0 Å². The Morgan fingerprint density at radius 2 is 1.58 bits per heavy atom. The zero-order valence-corrected chi connectivity index (χ0v) is 31.7. The predicted octanol–water partition coefficient (Wildman–Crippen LogP) is 6.00. The zero-order chi connectivity index (χ0) is 39.4. The molecule has 0 spiro atoms. The maximum absolute atomic E-state index is 11.8. The summed E-state index contributed by atoms with van der Waals surface area (Å²) in [4.78, 5) is 20.5. The Morgan fingerprint density at radius 3 is 2.29 bits per heavy atom. The monoisotopic (exact) mass is 765 g/mol. The number of pyridine rings is 2. The first-order valence-corrected chi connectivity index (χ1v) is 18.1. The van der Waals surface area contributed by atoms with Gasteiger partial charge < -0.3 is 34.8 Å². The molecule has 1 atom stereocenters. The fourth-order valence-electron chi connectivity index (χ4n) is 5.81. The highest BCUT2D eigenvalue weighted by molar-refractivity contribution is 6.31. The Hall–Kier alpha value is -5.55. The number of nitriles is 1. The highest BCUT2D eigenvalue weighted by Crippen LogP contribution is 2.36. The fourth-order valence-corrected chi connectivity index (χ4v) is 6.04. The van der Waals surface area contributed by atoms with Gasteiger partial charge in [-0.3, -0.25) is 15.1 Å². The average molecular weight is 766 g/mol. The highest BCUT2D eigenvalue weighted by atomic mass is 35.5. The molecule has 3 aromatic carbocycles. The molecule has 5 aromatic rings. The maximum atomic E-state index is 11.8. The summed E-state index contributed by atoms with van der Waals surface area (Å²) in [5.41, 5.74) is 7.18. The summed E-state index contributed by atoms with van der Waals surface area (Å²) >= 11 is 6.69. The number of halogens is 1. The molecule has 0 saturated carbocycles. The molecule has 12 nitrogen and oxygen atoms in total. The minimum Gasteiger partial charge on any atom is -0.492 e. The molecule has 5 N–H and O–H groups in total. The predicted molar refractivity (Wildman–Crippen MR) is 209 cm³/mol. The van der Waals surface area contributed by atoms with Crippen molar-refractivity contribution in [3.05, 3.63) is 124 Å². The van der Waals surface area contributed by atoms with E-state index >= 15 is 0 Å². The number of carboxylic acids is 1. The van der Waals surface area contributed by atoms with Crippen LogP contribution in [0.5, 0.6) is 17.5 Å². The van der Waals surface area contributed by atoms with Crippen molar-refractivity contribution in [1.29, 1.82) is 5.26 Å². The minimum atomic E-state index is -1.62. The molecule has 2 heterocycles. The third-order valence-corrected chi connectivity index (χ3v) is 9.45. The summed E-state index contributed by atoms with van der Waals surface area (Å²) in [5.74, 6) is -0.205. The highest BCUT2D eigenvalue weighted by Gasteiger charge is 2.32. The van der Waals surface area contributed by atoms with E-state index in [0.717, 1.165) is 44.7 Å². The van der Waals surface area contributed by atoms with Crippen LogP contribution in [0.15, 0.2) is 85.2 Å². The van der Waals surface area contributed by atoms with Crippen LogP contribution in [0.3, 0.4) is 0 Å². The maximum Gasteiger partial charge on any atom is 0.326 e. The lowest BCUT2D eigenvalue weighted by molar-refractivity contribution is -0.145. The van der Waals surface area contributed by atoms with Gasteiger partial charge in [0.1, 0.15) is 42.2 Å². The molecule has 55 heavy (non-hydrogen) atoms. The molecular formula is C42H44ClN5O7. The van der Waals surface area contributed by atoms with Crippen LogP contribution in [-0.4, -0.2) is 69.7 Å². The van der Waals surface area contributed by atoms with E-state index in [1.54, 1.807) is 18.3 Å². The molecule has 0 fully saturated rings. The molecule has 2 aromatic heterocycles. The van der Waals surface area contributed by atoms with Crippen molar-refractivity contribution in [1.82, 2.24) is 20.6 Å². The topological polar surface area (TPSA) is 179 Å². The van der Waals surface area contributed by atoms with Crippen LogP contribution in [0.2, 0.25) is 5.02 Å². The number of nitrogens with one attached hydrogen (secondary N) is 2. The van der Waals surface area contributed by atoms with E-state index in [-0.39, 0.29) is 43.1 Å². The van der Waals surface area contributed by atoms with Crippen molar-refractivity contribution in [2.45, 2.75) is 46.1 Å². The number of aliphatic hydroxyl groups excluding tert-OH is 2. The molecule has 0 aliphatic rings. The number of aromatic nitrogens is 2.